The van der Waals surface area contributed by atoms with Gasteiger partial charge in [-0.3, -0.25) is 4.79 Å². The average molecular weight is 310 g/mol. The zero-order chi connectivity index (χ0) is 16.2. The number of carbonyl (C=O) groups excluding carboxylic acids is 1. The molecule has 3 aromatic carbocycles. The van der Waals surface area contributed by atoms with Gasteiger partial charge in [-0.1, -0.05) is 42.5 Å². The molecular formula is C19H12F2O2. The van der Waals surface area contributed by atoms with Gasteiger partial charge in [-0.25, -0.2) is 8.78 Å². The maximum absolute atomic E-state index is 13.3. The molecule has 0 unspecified atom stereocenters. The molecule has 0 fully saturated rings. The molecule has 3 rings (SSSR count). The summed E-state index contributed by atoms with van der Waals surface area (Å²) in [5.41, 5.74) is 1.80. The van der Waals surface area contributed by atoms with Crippen molar-refractivity contribution in [2.24, 2.45) is 0 Å². The van der Waals surface area contributed by atoms with Gasteiger partial charge in [0.25, 0.3) is 0 Å². The highest BCUT2D eigenvalue weighted by atomic mass is 19.1. The van der Waals surface area contributed by atoms with Crippen molar-refractivity contribution in [2.75, 3.05) is 0 Å². The molecule has 0 aliphatic heterocycles. The van der Waals surface area contributed by atoms with Crippen molar-refractivity contribution in [3.8, 4) is 22.6 Å². The topological polar surface area (TPSA) is 26.3 Å². The van der Waals surface area contributed by atoms with Crippen molar-refractivity contribution in [2.45, 2.75) is 0 Å². The fraction of sp³-hybridized carbons (Fsp3) is 0. The summed E-state index contributed by atoms with van der Waals surface area (Å²) in [5, 5.41) is 0. The molecule has 0 saturated heterocycles. The van der Waals surface area contributed by atoms with Gasteiger partial charge in [0.1, 0.15) is 23.1 Å². The summed E-state index contributed by atoms with van der Waals surface area (Å²) in [4.78, 5) is 11.3. The van der Waals surface area contributed by atoms with E-state index in [9.17, 15) is 13.6 Å². The van der Waals surface area contributed by atoms with Crippen molar-refractivity contribution in [3.63, 3.8) is 0 Å². The molecule has 0 aliphatic rings. The number of carbonyl (C=O) groups is 1. The Labute approximate surface area is 132 Å². The molecule has 114 valence electrons. The Morgan fingerprint density at radius 1 is 0.826 bits per heavy atom. The lowest BCUT2D eigenvalue weighted by molar-refractivity contribution is 0.112. The lowest BCUT2D eigenvalue weighted by atomic mass is 10.0. The summed E-state index contributed by atoms with van der Waals surface area (Å²) in [6.45, 7) is 0. The highest BCUT2D eigenvalue weighted by Gasteiger charge is 2.13. The molecule has 0 bridgehead atoms. The molecule has 0 amide bonds. The standard InChI is InChI=1S/C19H12F2O2/c20-15-9-16(21)11-17(10-15)23-19-14(12-22)7-4-8-18(19)13-5-2-1-3-6-13/h1-12H. The average Bonchev–Trinajstić information content (AvgIpc) is 2.55. The number of hydrogen-bond acceptors (Lipinski definition) is 2. The first-order valence-corrected chi connectivity index (χ1v) is 6.95. The Balaban J connectivity index is 2.11. The molecule has 0 radical (unpaired) electrons. The van der Waals surface area contributed by atoms with Crippen LogP contribution in [0.25, 0.3) is 11.1 Å². The van der Waals surface area contributed by atoms with E-state index in [4.69, 9.17) is 4.74 Å². The fourth-order valence-electron chi connectivity index (χ4n) is 2.31. The van der Waals surface area contributed by atoms with E-state index >= 15 is 0 Å². The lowest BCUT2D eigenvalue weighted by Gasteiger charge is -2.13. The van der Waals surface area contributed by atoms with Gasteiger partial charge in [0.05, 0.1) is 5.56 Å². The summed E-state index contributed by atoms with van der Waals surface area (Å²) < 4.78 is 32.3. The summed E-state index contributed by atoms with van der Waals surface area (Å²) in [6, 6.07) is 17.3. The molecule has 0 spiro atoms. The van der Waals surface area contributed by atoms with Crippen LogP contribution in [0.2, 0.25) is 0 Å². The van der Waals surface area contributed by atoms with Crippen LogP contribution in [0.3, 0.4) is 0 Å². The first-order valence-electron chi connectivity index (χ1n) is 6.95. The van der Waals surface area contributed by atoms with Crippen LogP contribution in [-0.4, -0.2) is 6.29 Å². The summed E-state index contributed by atoms with van der Waals surface area (Å²) in [7, 11) is 0. The number of halogens is 2. The zero-order valence-corrected chi connectivity index (χ0v) is 12.0. The molecule has 0 heterocycles. The number of hydrogen-bond donors (Lipinski definition) is 0. The van der Waals surface area contributed by atoms with Gasteiger partial charge in [-0.15, -0.1) is 0 Å². The predicted octanol–water partition coefficient (Wildman–Crippen LogP) is 5.24. The van der Waals surface area contributed by atoms with Gasteiger partial charge >= 0.3 is 0 Å². The van der Waals surface area contributed by atoms with E-state index in [0.717, 1.165) is 23.8 Å². The van der Waals surface area contributed by atoms with Gasteiger partial charge in [0, 0.05) is 23.8 Å². The molecule has 0 saturated carbocycles. The van der Waals surface area contributed by atoms with Crippen molar-refractivity contribution in [1.29, 1.82) is 0 Å². The monoisotopic (exact) mass is 310 g/mol. The second-order valence-electron chi connectivity index (χ2n) is 4.92. The van der Waals surface area contributed by atoms with Crippen LogP contribution in [0.1, 0.15) is 10.4 Å². The number of aldehydes is 1. The van der Waals surface area contributed by atoms with Crippen LogP contribution in [0, 0.1) is 11.6 Å². The number of para-hydroxylation sites is 1. The maximum atomic E-state index is 13.3. The van der Waals surface area contributed by atoms with E-state index in [0.29, 0.717) is 17.4 Å². The van der Waals surface area contributed by atoms with Gasteiger partial charge in [-0.2, -0.15) is 0 Å². The van der Waals surface area contributed by atoms with E-state index in [1.54, 1.807) is 18.2 Å². The van der Waals surface area contributed by atoms with Gasteiger partial charge in [0.2, 0.25) is 0 Å². The number of ether oxygens (including phenoxy) is 1. The predicted molar refractivity (Wildman–Crippen MR) is 83.7 cm³/mol. The summed E-state index contributed by atoms with van der Waals surface area (Å²) in [6.07, 6.45) is 0.650. The molecule has 0 aliphatic carbocycles. The first-order chi connectivity index (χ1) is 11.2. The third-order valence-electron chi connectivity index (χ3n) is 3.31. The van der Waals surface area contributed by atoms with Gasteiger partial charge < -0.3 is 4.74 Å². The second kappa shape index (κ2) is 6.40. The largest absolute Gasteiger partial charge is 0.456 e. The highest BCUT2D eigenvalue weighted by Crippen LogP contribution is 2.36. The van der Waals surface area contributed by atoms with E-state index in [1.165, 1.54) is 0 Å². The third-order valence-corrected chi connectivity index (χ3v) is 3.31. The molecular weight excluding hydrogens is 298 g/mol. The smallest absolute Gasteiger partial charge is 0.153 e. The van der Waals surface area contributed by atoms with E-state index in [1.807, 2.05) is 30.3 Å². The summed E-state index contributed by atoms with van der Waals surface area (Å²) in [5.74, 6) is -1.23. The molecule has 3 aromatic rings. The van der Waals surface area contributed by atoms with Crippen LogP contribution < -0.4 is 4.74 Å². The lowest BCUT2D eigenvalue weighted by Crippen LogP contribution is -1.95. The van der Waals surface area contributed by atoms with Gasteiger partial charge in [0.15, 0.2) is 6.29 Å². The molecule has 0 N–H and O–H groups in total. The minimum atomic E-state index is -0.746. The van der Waals surface area contributed by atoms with Crippen molar-refractivity contribution in [1.82, 2.24) is 0 Å². The van der Waals surface area contributed by atoms with Crippen LogP contribution in [-0.2, 0) is 0 Å². The Morgan fingerprint density at radius 2 is 1.52 bits per heavy atom. The molecule has 23 heavy (non-hydrogen) atoms. The van der Waals surface area contributed by atoms with Crippen LogP contribution in [0.5, 0.6) is 11.5 Å². The van der Waals surface area contributed by atoms with E-state index < -0.39 is 11.6 Å². The first kappa shape index (κ1) is 14.9. The van der Waals surface area contributed by atoms with E-state index in [2.05, 4.69) is 0 Å². The number of benzene rings is 3. The Morgan fingerprint density at radius 3 is 2.17 bits per heavy atom. The van der Waals surface area contributed by atoms with Crippen LogP contribution >= 0.6 is 0 Å². The van der Waals surface area contributed by atoms with Crippen molar-refractivity contribution < 1.29 is 18.3 Å². The van der Waals surface area contributed by atoms with Crippen LogP contribution in [0.4, 0.5) is 8.78 Å². The molecule has 0 aromatic heterocycles. The number of rotatable bonds is 4. The quantitative estimate of drug-likeness (QED) is 0.616. The Kier molecular flexibility index (Phi) is 4.15. The van der Waals surface area contributed by atoms with Crippen LogP contribution in [0.15, 0.2) is 66.7 Å². The Hall–Kier alpha value is -3.01. The third kappa shape index (κ3) is 3.26. The molecule has 2 nitrogen and oxygen atoms in total. The summed E-state index contributed by atoms with van der Waals surface area (Å²) >= 11 is 0. The minimum Gasteiger partial charge on any atom is -0.456 e. The second-order valence-corrected chi connectivity index (χ2v) is 4.92. The SMILES string of the molecule is O=Cc1cccc(-c2ccccc2)c1Oc1cc(F)cc(F)c1. The van der Waals surface area contributed by atoms with E-state index in [-0.39, 0.29) is 11.5 Å². The zero-order valence-electron chi connectivity index (χ0n) is 12.0. The minimum absolute atomic E-state index is 0.00557. The highest BCUT2D eigenvalue weighted by molar-refractivity contribution is 5.86. The Bertz CT molecular complexity index is 825. The maximum Gasteiger partial charge on any atom is 0.153 e. The van der Waals surface area contributed by atoms with Gasteiger partial charge in [-0.05, 0) is 11.6 Å². The molecule has 4 heteroatoms. The van der Waals surface area contributed by atoms with Crippen molar-refractivity contribution >= 4 is 6.29 Å². The molecule has 0 atom stereocenters. The normalized spacial score (nSPS) is 10.3. The fourth-order valence-corrected chi connectivity index (χ4v) is 2.31. The van der Waals surface area contributed by atoms with Crippen molar-refractivity contribution in [3.05, 3.63) is 83.9 Å².